The maximum atomic E-state index is 13.2. The van der Waals surface area contributed by atoms with Gasteiger partial charge in [0.2, 0.25) is 0 Å². The fourth-order valence-electron chi connectivity index (χ4n) is 1.68. The van der Waals surface area contributed by atoms with E-state index < -0.39 is 12.0 Å². The molecule has 98 valence electrons. The van der Waals surface area contributed by atoms with E-state index >= 15 is 0 Å². The van der Waals surface area contributed by atoms with Crippen LogP contribution in [0.15, 0.2) is 36.5 Å². The van der Waals surface area contributed by atoms with Crippen LogP contribution in [-0.2, 0) is 4.79 Å². The van der Waals surface area contributed by atoms with E-state index in [9.17, 15) is 9.18 Å². The van der Waals surface area contributed by atoms with Gasteiger partial charge in [-0.05, 0) is 25.2 Å². The van der Waals surface area contributed by atoms with Crippen molar-refractivity contribution in [1.29, 1.82) is 0 Å². The molecule has 1 atom stereocenters. The molecule has 0 saturated heterocycles. The quantitative estimate of drug-likeness (QED) is 0.874. The number of likely N-dealkylation sites (N-methyl/N-ethyl adjacent to an activating group) is 1. The van der Waals surface area contributed by atoms with Crippen LogP contribution in [0.3, 0.4) is 0 Å². The number of aliphatic carboxylic acids is 1. The summed E-state index contributed by atoms with van der Waals surface area (Å²) in [5.74, 6) is -1.31. The molecule has 0 aliphatic rings. The predicted octanol–water partition coefficient (Wildman–Crippen LogP) is 1.63. The van der Waals surface area contributed by atoms with Crippen molar-refractivity contribution in [3.63, 3.8) is 0 Å². The number of nitrogens with zero attached hydrogens (tertiary/aromatic N) is 2. The molecule has 0 fully saturated rings. The first kappa shape index (κ1) is 13.1. The van der Waals surface area contributed by atoms with E-state index in [1.807, 2.05) is 0 Å². The maximum absolute atomic E-state index is 13.2. The molecule has 0 bridgehead atoms. The van der Waals surface area contributed by atoms with E-state index in [0.717, 1.165) is 0 Å². The third-order valence-corrected chi connectivity index (χ3v) is 2.59. The molecule has 0 radical (unpaired) electrons. The largest absolute Gasteiger partial charge is 0.480 e. The van der Waals surface area contributed by atoms with E-state index in [-0.39, 0.29) is 11.6 Å². The molecule has 2 N–H and O–H groups in total. The molecule has 0 aliphatic heterocycles. The van der Waals surface area contributed by atoms with Crippen LogP contribution in [0.4, 0.5) is 4.39 Å². The van der Waals surface area contributed by atoms with Crippen molar-refractivity contribution < 1.29 is 14.3 Å². The Morgan fingerprint density at radius 3 is 2.84 bits per heavy atom. The minimum Gasteiger partial charge on any atom is -0.480 e. The normalized spacial score (nSPS) is 12.1. The highest BCUT2D eigenvalue weighted by Gasteiger charge is 2.20. The van der Waals surface area contributed by atoms with Crippen LogP contribution in [0.5, 0.6) is 0 Å². The minimum atomic E-state index is -1.07. The van der Waals surface area contributed by atoms with Crippen molar-refractivity contribution in [1.82, 2.24) is 15.3 Å². The Morgan fingerprint density at radius 2 is 2.21 bits per heavy atom. The summed E-state index contributed by atoms with van der Waals surface area (Å²) >= 11 is 0. The van der Waals surface area contributed by atoms with Crippen molar-refractivity contribution in [2.24, 2.45) is 0 Å². The van der Waals surface area contributed by atoms with Crippen LogP contribution in [0.1, 0.15) is 11.9 Å². The number of hydrogen-bond donors (Lipinski definition) is 2. The first-order valence-corrected chi connectivity index (χ1v) is 5.61. The second-order valence-electron chi connectivity index (χ2n) is 3.87. The minimum absolute atomic E-state index is 0.136. The Kier molecular flexibility index (Phi) is 3.82. The van der Waals surface area contributed by atoms with Gasteiger partial charge in [-0.2, -0.15) is 0 Å². The second-order valence-corrected chi connectivity index (χ2v) is 3.87. The van der Waals surface area contributed by atoms with E-state index in [1.54, 1.807) is 18.2 Å². The van der Waals surface area contributed by atoms with Crippen LogP contribution in [0.25, 0.3) is 11.3 Å². The molecule has 1 aromatic heterocycles. The number of halogens is 1. The first-order chi connectivity index (χ1) is 9.11. The number of carboxylic acid groups (broad SMARTS) is 1. The Hall–Kier alpha value is -2.34. The molecule has 5 nitrogen and oxygen atoms in total. The monoisotopic (exact) mass is 261 g/mol. The maximum Gasteiger partial charge on any atom is 0.328 e. The van der Waals surface area contributed by atoms with Gasteiger partial charge in [-0.25, -0.2) is 14.4 Å². The van der Waals surface area contributed by atoms with Crippen LogP contribution in [0, 0.1) is 5.82 Å². The van der Waals surface area contributed by atoms with Crippen LogP contribution < -0.4 is 5.32 Å². The summed E-state index contributed by atoms with van der Waals surface area (Å²) in [6.45, 7) is 0. The highest BCUT2D eigenvalue weighted by molar-refractivity contribution is 5.74. The number of nitrogens with one attached hydrogen (secondary N) is 1. The summed E-state index contributed by atoms with van der Waals surface area (Å²) in [6, 6.07) is 6.55. The zero-order valence-electron chi connectivity index (χ0n) is 10.2. The molecule has 1 unspecified atom stereocenters. The van der Waals surface area contributed by atoms with E-state index in [4.69, 9.17) is 5.11 Å². The lowest BCUT2D eigenvalue weighted by Crippen LogP contribution is -2.27. The molecule has 0 spiro atoms. The summed E-state index contributed by atoms with van der Waals surface area (Å²) in [7, 11) is 1.51. The number of aromatic nitrogens is 2. The van der Waals surface area contributed by atoms with E-state index in [0.29, 0.717) is 11.3 Å². The molecule has 0 amide bonds. The topological polar surface area (TPSA) is 75.1 Å². The Balaban J connectivity index is 2.42. The van der Waals surface area contributed by atoms with Crippen molar-refractivity contribution >= 4 is 5.97 Å². The molecule has 1 aromatic carbocycles. The third-order valence-electron chi connectivity index (χ3n) is 2.59. The molecular weight excluding hydrogens is 249 g/mol. The van der Waals surface area contributed by atoms with Gasteiger partial charge in [0.05, 0.1) is 5.69 Å². The van der Waals surface area contributed by atoms with Gasteiger partial charge < -0.3 is 10.4 Å². The molecule has 2 rings (SSSR count). The van der Waals surface area contributed by atoms with Gasteiger partial charge in [-0.15, -0.1) is 0 Å². The Bertz CT molecular complexity index is 604. The summed E-state index contributed by atoms with van der Waals surface area (Å²) < 4.78 is 13.2. The summed E-state index contributed by atoms with van der Waals surface area (Å²) in [5, 5.41) is 11.6. The van der Waals surface area contributed by atoms with Crippen molar-refractivity contribution in [2.45, 2.75) is 6.04 Å². The van der Waals surface area contributed by atoms with E-state index in [2.05, 4.69) is 15.3 Å². The van der Waals surface area contributed by atoms with Crippen LogP contribution in [-0.4, -0.2) is 28.1 Å². The molecule has 0 aliphatic carbocycles. The Labute approximate surface area is 109 Å². The third kappa shape index (κ3) is 2.92. The summed E-state index contributed by atoms with van der Waals surface area (Å²) in [6.07, 6.45) is 1.45. The van der Waals surface area contributed by atoms with Gasteiger partial charge in [0, 0.05) is 11.8 Å². The van der Waals surface area contributed by atoms with Gasteiger partial charge in [0.1, 0.15) is 5.82 Å². The lowest BCUT2D eigenvalue weighted by molar-refractivity contribution is -0.139. The number of carboxylic acids is 1. The number of rotatable bonds is 4. The van der Waals surface area contributed by atoms with Crippen molar-refractivity contribution in [3.8, 4) is 11.3 Å². The Morgan fingerprint density at radius 1 is 1.42 bits per heavy atom. The number of carbonyl (C=O) groups is 1. The van der Waals surface area contributed by atoms with Crippen LogP contribution >= 0.6 is 0 Å². The average molecular weight is 261 g/mol. The predicted molar refractivity (Wildman–Crippen MR) is 66.9 cm³/mol. The zero-order valence-corrected chi connectivity index (χ0v) is 10.2. The molecule has 1 heterocycles. The van der Waals surface area contributed by atoms with Crippen molar-refractivity contribution in [3.05, 3.63) is 48.2 Å². The molecular formula is C13H12FN3O2. The fourth-order valence-corrected chi connectivity index (χ4v) is 1.68. The SMILES string of the molecule is CNC(C(=O)O)c1nccc(-c2cccc(F)c2)n1. The molecule has 19 heavy (non-hydrogen) atoms. The fraction of sp³-hybridized carbons (Fsp3) is 0.154. The van der Waals surface area contributed by atoms with Gasteiger partial charge in [0.15, 0.2) is 11.9 Å². The lowest BCUT2D eigenvalue weighted by atomic mass is 10.1. The van der Waals surface area contributed by atoms with Gasteiger partial charge >= 0.3 is 5.97 Å². The standard InChI is InChI=1S/C13H12FN3O2/c1-15-11(13(18)19)12-16-6-5-10(17-12)8-3-2-4-9(14)7-8/h2-7,11,15H,1H3,(H,18,19). The van der Waals surface area contributed by atoms with E-state index in [1.165, 1.54) is 25.4 Å². The smallest absolute Gasteiger partial charge is 0.328 e. The highest BCUT2D eigenvalue weighted by Crippen LogP contribution is 2.19. The van der Waals surface area contributed by atoms with Gasteiger partial charge in [0.25, 0.3) is 0 Å². The van der Waals surface area contributed by atoms with Crippen molar-refractivity contribution in [2.75, 3.05) is 7.05 Å². The van der Waals surface area contributed by atoms with Crippen LogP contribution in [0.2, 0.25) is 0 Å². The number of benzene rings is 1. The summed E-state index contributed by atoms with van der Waals surface area (Å²) in [5.41, 5.74) is 1.05. The highest BCUT2D eigenvalue weighted by atomic mass is 19.1. The number of hydrogen-bond acceptors (Lipinski definition) is 4. The lowest BCUT2D eigenvalue weighted by Gasteiger charge is -2.10. The van der Waals surface area contributed by atoms with Gasteiger partial charge in [-0.3, -0.25) is 4.79 Å². The molecule has 2 aromatic rings. The second kappa shape index (κ2) is 5.53. The first-order valence-electron chi connectivity index (χ1n) is 5.61. The van der Waals surface area contributed by atoms with Gasteiger partial charge in [-0.1, -0.05) is 12.1 Å². The molecule has 0 saturated carbocycles. The zero-order chi connectivity index (χ0) is 13.8. The molecule has 6 heteroatoms. The average Bonchev–Trinajstić information content (AvgIpc) is 2.39. The summed E-state index contributed by atoms with van der Waals surface area (Å²) in [4.78, 5) is 19.1.